The number of amides is 1. The third-order valence-corrected chi connectivity index (χ3v) is 4.64. The highest BCUT2D eigenvalue weighted by Crippen LogP contribution is 2.24. The van der Waals surface area contributed by atoms with Crippen molar-refractivity contribution in [3.63, 3.8) is 0 Å². The lowest BCUT2D eigenvalue weighted by Crippen LogP contribution is -2.30. The number of hydrogen-bond donors (Lipinski definition) is 1. The smallest absolute Gasteiger partial charge is 0.240 e. The molecule has 1 atom stereocenters. The lowest BCUT2D eigenvalue weighted by Gasteiger charge is -2.21. The van der Waals surface area contributed by atoms with Crippen LogP contribution in [0.2, 0.25) is 0 Å². The number of imidazole rings is 1. The Kier molecular flexibility index (Phi) is 5.00. The average Bonchev–Trinajstić information content (AvgIpc) is 3.00. The van der Waals surface area contributed by atoms with Gasteiger partial charge in [-0.15, -0.1) is 0 Å². The van der Waals surface area contributed by atoms with Crippen molar-refractivity contribution in [2.24, 2.45) is 0 Å². The number of fused-ring (bicyclic) bond motifs is 1. The maximum Gasteiger partial charge on any atom is 0.240 e. The van der Waals surface area contributed by atoms with Gasteiger partial charge in [-0.25, -0.2) is 13.8 Å². The molecule has 0 aliphatic rings. The fourth-order valence-electron chi connectivity index (χ4n) is 3.01. The number of rotatable bonds is 4. The summed E-state index contributed by atoms with van der Waals surface area (Å²) in [7, 11) is 0. The Morgan fingerprint density at radius 2 is 1.81 bits per heavy atom. The molecule has 0 saturated heterocycles. The lowest BCUT2D eigenvalue weighted by molar-refractivity contribution is -0.122. The molecular weight excluding hydrogens is 348 g/mol. The highest BCUT2D eigenvalue weighted by atomic mass is 19.2. The van der Waals surface area contributed by atoms with Gasteiger partial charge in [0.15, 0.2) is 11.6 Å². The van der Waals surface area contributed by atoms with E-state index in [1.807, 2.05) is 19.1 Å². The number of nitrogens with zero attached hydrogens (tertiary/aromatic N) is 2. The van der Waals surface area contributed by atoms with Crippen molar-refractivity contribution in [3.8, 4) is 0 Å². The summed E-state index contributed by atoms with van der Waals surface area (Å²) in [4.78, 5) is 16.4. The van der Waals surface area contributed by atoms with E-state index in [9.17, 15) is 13.6 Å². The molecule has 1 unspecified atom stereocenters. The van der Waals surface area contributed by atoms with Crippen LogP contribution in [0.5, 0.6) is 0 Å². The number of halogens is 2. The predicted molar refractivity (Wildman–Crippen MR) is 101 cm³/mol. The molecule has 0 aliphatic heterocycles. The first-order chi connectivity index (χ1) is 12.7. The molecule has 3 aromatic rings. The Bertz CT molecular complexity index is 971. The van der Waals surface area contributed by atoms with E-state index in [1.165, 1.54) is 22.5 Å². The standard InChI is InChI=1S/C21H23F2N3O/c1-13(14-5-7-15(8-6-14)21(2,3)4)25-18(27)11-26-12-24-17-10-9-16(22)19(23)20(17)26/h5-10,12-13H,11H2,1-4H3,(H,25,27). The normalized spacial score (nSPS) is 13.0. The van der Waals surface area contributed by atoms with Crippen LogP contribution in [0.4, 0.5) is 8.78 Å². The number of benzene rings is 2. The van der Waals surface area contributed by atoms with E-state index in [1.54, 1.807) is 0 Å². The van der Waals surface area contributed by atoms with Gasteiger partial charge in [0.1, 0.15) is 12.1 Å². The van der Waals surface area contributed by atoms with E-state index in [0.717, 1.165) is 11.6 Å². The van der Waals surface area contributed by atoms with Crippen molar-refractivity contribution in [3.05, 3.63) is 65.5 Å². The molecule has 0 fully saturated rings. The number of hydrogen-bond acceptors (Lipinski definition) is 2. The lowest BCUT2D eigenvalue weighted by atomic mass is 9.86. The average molecular weight is 371 g/mol. The molecule has 0 saturated carbocycles. The molecule has 6 heteroatoms. The van der Waals surface area contributed by atoms with Gasteiger partial charge in [-0.1, -0.05) is 45.0 Å². The molecule has 4 nitrogen and oxygen atoms in total. The molecule has 1 aromatic heterocycles. The van der Waals surface area contributed by atoms with Gasteiger partial charge in [-0.05, 0) is 35.6 Å². The van der Waals surface area contributed by atoms with Crippen LogP contribution < -0.4 is 5.32 Å². The van der Waals surface area contributed by atoms with Crippen LogP contribution in [0.1, 0.15) is 44.9 Å². The summed E-state index contributed by atoms with van der Waals surface area (Å²) in [5.41, 5.74) is 2.56. The van der Waals surface area contributed by atoms with Gasteiger partial charge in [0.25, 0.3) is 0 Å². The van der Waals surface area contributed by atoms with E-state index in [0.29, 0.717) is 5.52 Å². The second kappa shape index (κ2) is 7.10. The summed E-state index contributed by atoms with van der Waals surface area (Å²) < 4.78 is 28.8. The number of carbonyl (C=O) groups excluding carboxylic acids is 1. The van der Waals surface area contributed by atoms with E-state index < -0.39 is 11.6 Å². The van der Waals surface area contributed by atoms with Crippen molar-refractivity contribution < 1.29 is 13.6 Å². The zero-order chi connectivity index (χ0) is 19.8. The molecule has 1 amide bonds. The first-order valence-electron chi connectivity index (χ1n) is 8.85. The SMILES string of the molecule is CC(NC(=O)Cn1cnc2ccc(F)c(F)c21)c1ccc(C(C)(C)C)cc1. The fraction of sp³-hybridized carbons (Fsp3) is 0.333. The Balaban J connectivity index is 1.72. The molecule has 3 rings (SSSR count). The first kappa shape index (κ1) is 19.0. The van der Waals surface area contributed by atoms with Gasteiger partial charge >= 0.3 is 0 Å². The van der Waals surface area contributed by atoms with Gasteiger partial charge < -0.3 is 9.88 Å². The van der Waals surface area contributed by atoms with Crippen LogP contribution in [-0.4, -0.2) is 15.5 Å². The predicted octanol–water partition coefficient (Wildman–Crippen LogP) is 4.49. The van der Waals surface area contributed by atoms with Gasteiger partial charge in [0, 0.05) is 0 Å². The third-order valence-electron chi connectivity index (χ3n) is 4.64. The minimum Gasteiger partial charge on any atom is -0.348 e. The van der Waals surface area contributed by atoms with Crippen molar-refractivity contribution in [2.45, 2.75) is 45.7 Å². The maximum absolute atomic E-state index is 14.0. The Labute approximate surface area is 157 Å². The molecule has 2 aromatic carbocycles. The number of carbonyl (C=O) groups is 1. The van der Waals surface area contributed by atoms with Crippen molar-refractivity contribution in [2.75, 3.05) is 0 Å². The Morgan fingerprint density at radius 1 is 1.15 bits per heavy atom. The summed E-state index contributed by atoms with van der Waals surface area (Å²) in [6, 6.07) is 10.3. The summed E-state index contributed by atoms with van der Waals surface area (Å²) in [5, 5.41) is 2.89. The number of aromatic nitrogens is 2. The summed E-state index contributed by atoms with van der Waals surface area (Å²) in [6.07, 6.45) is 1.34. The molecule has 0 aliphatic carbocycles. The van der Waals surface area contributed by atoms with Crippen molar-refractivity contribution in [1.82, 2.24) is 14.9 Å². The van der Waals surface area contributed by atoms with E-state index in [-0.39, 0.29) is 29.4 Å². The van der Waals surface area contributed by atoms with Crippen LogP contribution in [-0.2, 0) is 16.8 Å². The van der Waals surface area contributed by atoms with E-state index >= 15 is 0 Å². The van der Waals surface area contributed by atoms with Crippen LogP contribution >= 0.6 is 0 Å². The zero-order valence-corrected chi connectivity index (χ0v) is 15.9. The third kappa shape index (κ3) is 3.99. The monoisotopic (exact) mass is 371 g/mol. The molecule has 0 spiro atoms. The molecular formula is C21H23F2N3O. The highest BCUT2D eigenvalue weighted by molar-refractivity contribution is 5.81. The van der Waals surface area contributed by atoms with Gasteiger partial charge in [0.05, 0.1) is 17.9 Å². The zero-order valence-electron chi connectivity index (χ0n) is 15.9. The second-order valence-corrected chi connectivity index (χ2v) is 7.76. The van der Waals surface area contributed by atoms with E-state index in [4.69, 9.17) is 0 Å². The summed E-state index contributed by atoms with van der Waals surface area (Å²) in [5.74, 6) is -2.26. The molecule has 0 radical (unpaired) electrons. The minimum atomic E-state index is -0.997. The topological polar surface area (TPSA) is 46.9 Å². The minimum absolute atomic E-state index is 0.00710. The van der Waals surface area contributed by atoms with E-state index in [2.05, 4.69) is 43.2 Å². The van der Waals surface area contributed by atoms with Crippen molar-refractivity contribution >= 4 is 16.9 Å². The fourth-order valence-corrected chi connectivity index (χ4v) is 3.01. The molecule has 1 heterocycles. The molecule has 1 N–H and O–H groups in total. The van der Waals surface area contributed by atoms with Crippen LogP contribution in [0.3, 0.4) is 0 Å². The number of nitrogens with one attached hydrogen (secondary N) is 1. The summed E-state index contributed by atoms with van der Waals surface area (Å²) in [6.45, 7) is 8.18. The summed E-state index contributed by atoms with van der Waals surface area (Å²) >= 11 is 0. The molecule has 27 heavy (non-hydrogen) atoms. The van der Waals surface area contributed by atoms with Gasteiger partial charge in [-0.3, -0.25) is 4.79 Å². The highest BCUT2D eigenvalue weighted by Gasteiger charge is 2.17. The Hall–Kier alpha value is -2.76. The van der Waals surface area contributed by atoms with Crippen LogP contribution in [0, 0.1) is 11.6 Å². The van der Waals surface area contributed by atoms with Gasteiger partial charge in [-0.2, -0.15) is 0 Å². The van der Waals surface area contributed by atoms with Crippen molar-refractivity contribution in [1.29, 1.82) is 0 Å². The second-order valence-electron chi connectivity index (χ2n) is 7.76. The molecule has 0 bridgehead atoms. The maximum atomic E-state index is 14.0. The first-order valence-corrected chi connectivity index (χ1v) is 8.85. The Morgan fingerprint density at radius 3 is 2.44 bits per heavy atom. The molecule has 142 valence electrons. The largest absolute Gasteiger partial charge is 0.348 e. The van der Waals surface area contributed by atoms with Gasteiger partial charge in [0.2, 0.25) is 5.91 Å². The van der Waals surface area contributed by atoms with Crippen LogP contribution in [0.25, 0.3) is 11.0 Å². The quantitative estimate of drug-likeness (QED) is 0.735. The van der Waals surface area contributed by atoms with Crippen LogP contribution in [0.15, 0.2) is 42.7 Å².